The van der Waals surface area contributed by atoms with Crippen LogP contribution < -0.4 is 27.4 Å². The molecule has 0 aliphatic carbocycles. The van der Waals surface area contributed by atoms with E-state index in [1.807, 2.05) is 20.8 Å². The third-order valence-corrected chi connectivity index (χ3v) is 4.85. The van der Waals surface area contributed by atoms with Crippen molar-refractivity contribution in [3.63, 3.8) is 0 Å². The minimum absolute atomic E-state index is 0. The van der Waals surface area contributed by atoms with Crippen LogP contribution >= 0.6 is 12.4 Å². The minimum atomic E-state index is -0.774. The van der Waals surface area contributed by atoms with Gasteiger partial charge in [-0.25, -0.2) is 0 Å². The summed E-state index contributed by atoms with van der Waals surface area (Å²) in [6.07, 6.45) is 2.75. The second kappa shape index (κ2) is 14.0. The van der Waals surface area contributed by atoms with Crippen LogP contribution in [-0.4, -0.2) is 66.3 Å². The van der Waals surface area contributed by atoms with E-state index in [0.717, 1.165) is 6.42 Å². The number of nitrogens with zero attached hydrogens (tertiary/aromatic N) is 1. The molecule has 1 saturated heterocycles. The van der Waals surface area contributed by atoms with E-state index < -0.39 is 18.1 Å². The smallest absolute Gasteiger partial charge is 0.245 e. The zero-order valence-electron chi connectivity index (χ0n) is 18.2. The highest BCUT2D eigenvalue weighted by Gasteiger charge is 2.37. The molecule has 8 N–H and O–H groups in total. The summed E-state index contributed by atoms with van der Waals surface area (Å²) in [5, 5.41) is 15.4. The fraction of sp³-hybridized carbons (Fsp3) is 0.789. The van der Waals surface area contributed by atoms with Gasteiger partial charge in [0.15, 0.2) is 5.96 Å². The number of hydrogen-bond acceptors (Lipinski definition) is 5. The molecular weight excluding hydrogens is 410 g/mol. The molecule has 0 aromatic heterocycles. The summed E-state index contributed by atoms with van der Waals surface area (Å²) in [7, 11) is 0. The molecule has 1 fully saturated rings. The maximum atomic E-state index is 13.2. The van der Waals surface area contributed by atoms with Gasteiger partial charge in [-0.05, 0) is 44.9 Å². The topological polar surface area (TPSA) is 166 Å². The number of hydrogen-bond donors (Lipinski definition) is 6. The van der Waals surface area contributed by atoms with Crippen molar-refractivity contribution in [2.24, 2.45) is 17.4 Å². The summed E-state index contributed by atoms with van der Waals surface area (Å²) >= 11 is 0. The van der Waals surface area contributed by atoms with Crippen LogP contribution in [0, 0.1) is 11.3 Å². The third kappa shape index (κ3) is 9.17. The fourth-order valence-electron chi connectivity index (χ4n) is 3.48. The van der Waals surface area contributed by atoms with E-state index in [4.69, 9.17) is 16.9 Å². The fourth-order valence-corrected chi connectivity index (χ4v) is 3.48. The summed E-state index contributed by atoms with van der Waals surface area (Å²) in [6, 6.07) is -1.98. The molecule has 1 aliphatic rings. The molecule has 1 rings (SSSR count). The zero-order valence-corrected chi connectivity index (χ0v) is 19.0. The largest absolute Gasteiger partial charge is 0.370 e. The first-order valence-corrected chi connectivity index (χ1v) is 10.4. The van der Waals surface area contributed by atoms with Gasteiger partial charge in [0.2, 0.25) is 17.7 Å². The molecule has 1 aliphatic heterocycles. The molecule has 0 saturated carbocycles. The number of nitrogens with two attached hydrogens (primary N) is 2. The Kier molecular flexibility index (Phi) is 13.1. The van der Waals surface area contributed by atoms with E-state index in [-0.39, 0.29) is 42.0 Å². The zero-order chi connectivity index (χ0) is 22.0. The Morgan fingerprint density at radius 3 is 2.47 bits per heavy atom. The average molecular weight is 448 g/mol. The predicted octanol–water partition coefficient (Wildman–Crippen LogP) is -0.343. The number of likely N-dealkylation sites (N-methyl/N-ethyl adjacent to an activating group) is 1. The van der Waals surface area contributed by atoms with Crippen LogP contribution in [0.4, 0.5) is 0 Å². The predicted molar refractivity (Wildman–Crippen MR) is 119 cm³/mol. The second-order valence-electron chi connectivity index (χ2n) is 7.86. The number of nitrogens with one attached hydrogen (secondary N) is 4. The van der Waals surface area contributed by atoms with E-state index in [9.17, 15) is 14.4 Å². The monoisotopic (exact) mass is 447 g/mol. The molecule has 0 spiro atoms. The van der Waals surface area contributed by atoms with Crippen LogP contribution in [-0.2, 0) is 14.4 Å². The first-order chi connectivity index (χ1) is 13.7. The number of likely N-dealkylation sites (tertiary alicyclic amines) is 1. The number of rotatable bonds is 11. The third-order valence-electron chi connectivity index (χ3n) is 4.85. The van der Waals surface area contributed by atoms with Crippen molar-refractivity contribution >= 4 is 36.1 Å². The molecule has 11 heteroatoms. The van der Waals surface area contributed by atoms with Gasteiger partial charge in [0.05, 0.1) is 6.04 Å². The summed E-state index contributed by atoms with van der Waals surface area (Å²) in [6.45, 7) is 7.18. The molecule has 3 atom stereocenters. The second-order valence-corrected chi connectivity index (χ2v) is 7.86. The Labute approximate surface area is 185 Å². The van der Waals surface area contributed by atoms with Gasteiger partial charge in [0.1, 0.15) is 12.1 Å². The van der Waals surface area contributed by atoms with Crippen LogP contribution in [0.3, 0.4) is 0 Å². The molecule has 0 aromatic rings. The first-order valence-electron chi connectivity index (χ1n) is 10.4. The number of carbonyl (C=O) groups is 3. The normalized spacial score (nSPS) is 17.6. The summed E-state index contributed by atoms with van der Waals surface area (Å²) < 4.78 is 0. The molecule has 0 unspecified atom stereocenters. The molecule has 3 amide bonds. The van der Waals surface area contributed by atoms with E-state index >= 15 is 0 Å². The molecule has 0 aromatic carbocycles. The summed E-state index contributed by atoms with van der Waals surface area (Å²) in [4.78, 5) is 39.6. The van der Waals surface area contributed by atoms with Gasteiger partial charge in [0.25, 0.3) is 0 Å². The molecule has 30 heavy (non-hydrogen) atoms. The van der Waals surface area contributed by atoms with Gasteiger partial charge in [-0.15, -0.1) is 12.4 Å². The lowest BCUT2D eigenvalue weighted by atomic mass is 10.0. The van der Waals surface area contributed by atoms with Gasteiger partial charge in [-0.1, -0.05) is 13.8 Å². The highest BCUT2D eigenvalue weighted by Crippen LogP contribution is 2.20. The van der Waals surface area contributed by atoms with E-state index in [1.54, 1.807) is 4.90 Å². The number of halogens is 1. The van der Waals surface area contributed by atoms with E-state index in [1.165, 1.54) is 0 Å². The summed E-state index contributed by atoms with van der Waals surface area (Å²) in [5.41, 5.74) is 11.3. The van der Waals surface area contributed by atoms with Crippen LogP contribution in [0.5, 0.6) is 0 Å². The first kappa shape index (κ1) is 27.9. The lowest BCUT2D eigenvalue weighted by Crippen LogP contribution is -2.55. The summed E-state index contributed by atoms with van der Waals surface area (Å²) in [5.74, 6) is -0.702. The van der Waals surface area contributed by atoms with Gasteiger partial charge in [0, 0.05) is 19.6 Å². The van der Waals surface area contributed by atoms with Crippen LogP contribution in [0.1, 0.15) is 52.9 Å². The molecule has 174 valence electrons. The van der Waals surface area contributed by atoms with Gasteiger partial charge < -0.3 is 32.3 Å². The van der Waals surface area contributed by atoms with Crippen molar-refractivity contribution in [3.05, 3.63) is 0 Å². The molecule has 0 radical (unpaired) electrons. The quantitative estimate of drug-likeness (QED) is 0.144. The Hall–Kier alpha value is -2.07. The van der Waals surface area contributed by atoms with Crippen LogP contribution in [0.25, 0.3) is 0 Å². The maximum Gasteiger partial charge on any atom is 0.245 e. The molecular formula is C19H38ClN7O3. The molecule has 0 bridgehead atoms. The molecule has 10 nitrogen and oxygen atoms in total. The lowest BCUT2D eigenvalue weighted by molar-refractivity contribution is -0.141. The van der Waals surface area contributed by atoms with Crippen molar-refractivity contribution in [1.82, 2.24) is 20.9 Å². The van der Waals surface area contributed by atoms with Crippen molar-refractivity contribution in [2.45, 2.75) is 71.0 Å². The number of carbonyl (C=O) groups excluding carboxylic acids is 3. The average Bonchev–Trinajstić information content (AvgIpc) is 3.12. The van der Waals surface area contributed by atoms with Crippen molar-refractivity contribution < 1.29 is 14.4 Å². The highest BCUT2D eigenvalue weighted by molar-refractivity contribution is 5.93. The van der Waals surface area contributed by atoms with Gasteiger partial charge in [-0.2, -0.15) is 0 Å². The highest BCUT2D eigenvalue weighted by atomic mass is 35.5. The number of amides is 3. The Morgan fingerprint density at radius 2 is 1.90 bits per heavy atom. The van der Waals surface area contributed by atoms with Crippen molar-refractivity contribution in [1.29, 1.82) is 5.41 Å². The van der Waals surface area contributed by atoms with E-state index in [0.29, 0.717) is 45.3 Å². The van der Waals surface area contributed by atoms with Crippen LogP contribution in [0.15, 0.2) is 0 Å². The Morgan fingerprint density at radius 1 is 1.23 bits per heavy atom. The van der Waals surface area contributed by atoms with Gasteiger partial charge in [-0.3, -0.25) is 19.8 Å². The maximum absolute atomic E-state index is 13.2. The minimum Gasteiger partial charge on any atom is -0.370 e. The lowest BCUT2D eigenvalue weighted by Gasteiger charge is -2.29. The number of guanidine groups is 1. The Bertz CT molecular complexity index is 588. The van der Waals surface area contributed by atoms with E-state index in [2.05, 4.69) is 16.0 Å². The van der Waals surface area contributed by atoms with Crippen molar-refractivity contribution in [3.8, 4) is 0 Å². The Balaban J connectivity index is 0.00000841. The van der Waals surface area contributed by atoms with Crippen molar-refractivity contribution in [2.75, 3.05) is 19.6 Å². The standard InChI is InChI=1S/C19H37N7O3.ClH/c1-4-23-17(28)15-8-6-10-26(15)18(29)14(7-5-9-24-19(21)22)25-16(27)13(20)11-12(2)3;/h12-15H,4-11,20H2,1-3H3,(H,23,28)(H,25,27)(H4,21,22,24);1H/t13-,14-,15-;/m0./s1. The SMILES string of the molecule is CCNC(=O)[C@@H]1CCCN1C(=O)[C@H](CCCNC(=N)N)NC(=O)[C@@H](N)CC(C)C.Cl. The van der Waals surface area contributed by atoms with Crippen LogP contribution in [0.2, 0.25) is 0 Å². The van der Waals surface area contributed by atoms with Gasteiger partial charge >= 0.3 is 0 Å². The molecule has 1 heterocycles.